The van der Waals surface area contributed by atoms with Crippen LogP contribution in [0.4, 0.5) is 0 Å². The van der Waals surface area contributed by atoms with E-state index in [4.69, 9.17) is 4.74 Å². The fourth-order valence-electron chi connectivity index (χ4n) is 2.55. The van der Waals surface area contributed by atoms with Crippen molar-refractivity contribution in [3.63, 3.8) is 0 Å². The number of carbonyl (C=O) groups excluding carboxylic acids is 2. The Morgan fingerprint density at radius 1 is 1.16 bits per heavy atom. The molecule has 0 amide bonds. The van der Waals surface area contributed by atoms with E-state index in [0.29, 0.717) is 0 Å². The highest BCUT2D eigenvalue weighted by molar-refractivity contribution is 5.82. The van der Waals surface area contributed by atoms with Crippen LogP contribution in [0, 0.1) is 5.92 Å². The number of methoxy groups -OCH3 is 2. The Labute approximate surface area is 148 Å². The Balaban J connectivity index is 2.07. The Kier molecular flexibility index (Phi) is 7.01. The number of nitrogens with zero attached hydrogens (tertiary/aromatic N) is 1. The average Bonchev–Trinajstić information content (AvgIpc) is 2.66. The number of rotatable bonds is 7. The van der Waals surface area contributed by atoms with Crippen LogP contribution in [0.15, 0.2) is 66.5 Å². The molecule has 1 aromatic rings. The van der Waals surface area contributed by atoms with Gasteiger partial charge in [-0.15, -0.1) is 0 Å². The SMILES string of the molecule is COC(=O)/C=C/C1=CN(CCc2ccccc2)C=CC1CC(=O)OC. The molecule has 1 heterocycles. The van der Waals surface area contributed by atoms with E-state index in [9.17, 15) is 9.59 Å². The Bertz CT molecular complexity index is 676. The molecule has 0 saturated heterocycles. The maximum absolute atomic E-state index is 11.6. The van der Waals surface area contributed by atoms with E-state index >= 15 is 0 Å². The van der Waals surface area contributed by atoms with Crippen molar-refractivity contribution in [2.24, 2.45) is 5.92 Å². The molecular weight excluding hydrogens is 318 g/mol. The molecule has 0 spiro atoms. The number of allylic oxidation sites excluding steroid dienone is 3. The topological polar surface area (TPSA) is 55.8 Å². The van der Waals surface area contributed by atoms with Gasteiger partial charge in [-0.2, -0.15) is 0 Å². The Morgan fingerprint density at radius 3 is 2.60 bits per heavy atom. The molecule has 25 heavy (non-hydrogen) atoms. The van der Waals surface area contributed by atoms with Crippen LogP contribution in [0.1, 0.15) is 12.0 Å². The highest BCUT2D eigenvalue weighted by Crippen LogP contribution is 2.24. The molecular formula is C20H23NO4. The lowest BCUT2D eigenvalue weighted by Crippen LogP contribution is -2.21. The third-order valence-electron chi connectivity index (χ3n) is 3.98. The third kappa shape index (κ3) is 5.95. The van der Waals surface area contributed by atoms with Crippen LogP contribution in [0.25, 0.3) is 0 Å². The maximum atomic E-state index is 11.6. The standard InChI is InChI=1S/C20H23NO4/c1-24-19(22)9-8-18-15-21(12-10-16-6-4-3-5-7-16)13-11-17(18)14-20(23)25-2/h3-9,11,13,15,17H,10,12,14H2,1-2H3/b9-8+. The van der Waals surface area contributed by atoms with Crippen molar-refractivity contribution < 1.29 is 19.1 Å². The molecule has 2 rings (SSSR count). The highest BCUT2D eigenvalue weighted by atomic mass is 16.5. The molecule has 0 radical (unpaired) electrons. The third-order valence-corrected chi connectivity index (χ3v) is 3.98. The van der Waals surface area contributed by atoms with Crippen LogP contribution in [0.2, 0.25) is 0 Å². The van der Waals surface area contributed by atoms with Gasteiger partial charge in [-0.3, -0.25) is 4.79 Å². The number of carbonyl (C=O) groups is 2. The van der Waals surface area contributed by atoms with Crippen molar-refractivity contribution in [2.75, 3.05) is 20.8 Å². The molecule has 0 aliphatic carbocycles. The molecule has 5 nitrogen and oxygen atoms in total. The molecule has 0 saturated carbocycles. The largest absolute Gasteiger partial charge is 0.469 e. The zero-order chi connectivity index (χ0) is 18.1. The molecule has 1 unspecified atom stereocenters. The first-order valence-electron chi connectivity index (χ1n) is 8.15. The predicted octanol–water partition coefficient (Wildman–Crippen LogP) is 2.85. The van der Waals surface area contributed by atoms with Crippen molar-refractivity contribution >= 4 is 11.9 Å². The van der Waals surface area contributed by atoms with Gasteiger partial charge in [-0.25, -0.2) is 4.79 Å². The van der Waals surface area contributed by atoms with Crippen LogP contribution < -0.4 is 0 Å². The number of hydrogen-bond acceptors (Lipinski definition) is 5. The summed E-state index contributed by atoms with van der Waals surface area (Å²) in [5, 5.41) is 0. The summed E-state index contributed by atoms with van der Waals surface area (Å²) in [4.78, 5) is 25.0. The summed E-state index contributed by atoms with van der Waals surface area (Å²) in [7, 11) is 2.70. The summed E-state index contributed by atoms with van der Waals surface area (Å²) in [6, 6.07) is 10.2. The molecule has 1 aliphatic rings. The van der Waals surface area contributed by atoms with Gasteiger partial charge in [0.05, 0.1) is 20.6 Å². The fourth-order valence-corrected chi connectivity index (χ4v) is 2.55. The monoisotopic (exact) mass is 341 g/mol. The first-order chi connectivity index (χ1) is 12.1. The molecule has 1 atom stereocenters. The quantitative estimate of drug-likeness (QED) is 0.564. The Hall–Kier alpha value is -2.82. The minimum Gasteiger partial charge on any atom is -0.469 e. The van der Waals surface area contributed by atoms with E-state index in [1.807, 2.05) is 36.7 Å². The van der Waals surface area contributed by atoms with E-state index in [1.165, 1.54) is 25.9 Å². The zero-order valence-electron chi connectivity index (χ0n) is 14.6. The summed E-state index contributed by atoms with van der Waals surface area (Å²) < 4.78 is 9.39. The minimum absolute atomic E-state index is 0.124. The number of ether oxygens (including phenoxy) is 2. The van der Waals surface area contributed by atoms with Crippen LogP contribution in [-0.2, 0) is 25.5 Å². The summed E-state index contributed by atoms with van der Waals surface area (Å²) in [5.41, 5.74) is 2.12. The fraction of sp³-hybridized carbons (Fsp3) is 0.300. The van der Waals surface area contributed by atoms with Gasteiger partial charge in [0, 0.05) is 30.9 Å². The lowest BCUT2D eigenvalue weighted by Gasteiger charge is -2.25. The van der Waals surface area contributed by atoms with Gasteiger partial charge in [0.25, 0.3) is 0 Å². The van der Waals surface area contributed by atoms with Crippen LogP contribution in [-0.4, -0.2) is 37.6 Å². The summed E-state index contributed by atoms with van der Waals surface area (Å²) in [5.74, 6) is -0.839. The second-order valence-corrected chi connectivity index (χ2v) is 5.69. The van der Waals surface area contributed by atoms with Crippen molar-refractivity contribution in [3.8, 4) is 0 Å². The second kappa shape index (κ2) is 9.47. The summed E-state index contributed by atoms with van der Waals surface area (Å²) >= 11 is 0. The average molecular weight is 341 g/mol. The maximum Gasteiger partial charge on any atom is 0.330 e. The molecule has 1 aliphatic heterocycles. The predicted molar refractivity (Wildman–Crippen MR) is 95.4 cm³/mol. The molecule has 5 heteroatoms. The van der Waals surface area contributed by atoms with Crippen LogP contribution in [0.3, 0.4) is 0 Å². The lowest BCUT2D eigenvalue weighted by atomic mass is 9.93. The summed E-state index contributed by atoms with van der Waals surface area (Å²) in [6.07, 6.45) is 10.1. The summed E-state index contributed by atoms with van der Waals surface area (Å²) in [6.45, 7) is 0.807. The number of esters is 2. The van der Waals surface area contributed by atoms with Crippen LogP contribution >= 0.6 is 0 Å². The number of benzene rings is 1. The van der Waals surface area contributed by atoms with E-state index in [1.54, 1.807) is 6.08 Å². The molecule has 0 N–H and O–H groups in total. The molecule has 0 aromatic heterocycles. The van der Waals surface area contributed by atoms with Crippen molar-refractivity contribution in [2.45, 2.75) is 12.8 Å². The van der Waals surface area contributed by atoms with Gasteiger partial charge in [-0.05, 0) is 23.6 Å². The van der Waals surface area contributed by atoms with Gasteiger partial charge in [0.2, 0.25) is 0 Å². The van der Waals surface area contributed by atoms with Gasteiger partial charge in [0.15, 0.2) is 0 Å². The molecule has 0 bridgehead atoms. The molecule has 0 fully saturated rings. The lowest BCUT2D eigenvalue weighted by molar-refractivity contribution is -0.141. The zero-order valence-corrected chi connectivity index (χ0v) is 14.6. The second-order valence-electron chi connectivity index (χ2n) is 5.69. The smallest absolute Gasteiger partial charge is 0.330 e. The first-order valence-corrected chi connectivity index (χ1v) is 8.15. The van der Waals surface area contributed by atoms with Gasteiger partial charge in [-0.1, -0.05) is 36.4 Å². The van der Waals surface area contributed by atoms with E-state index < -0.39 is 5.97 Å². The van der Waals surface area contributed by atoms with Gasteiger partial charge >= 0.3 is 11.9 Å². The van der Waals surface area contributed by atoms with Crippen LogP contribution in [0.5, 0.6) is 0 Å². The van der Waals surface area contributed by atoms with Gasteiger partial charge < -0.3 is 14.4 Å². The first kappa shape index (κ1) is 18.5. The molecule has 132 valence electrons. The van der Waals surface area contributed by atoms with E-state index in [0.717, 1.165) is 18.5 Å². The normalized spacial score (nSPS) is 16.6. The number of hydrogen-bond donors (Lipinski definition) is 0. The molecule has 1 aromatic carbocycles. The minimum atomic E-state index is -0.428. The van der Waals surface area contributed by atoms with Crippen molar-refractivity contribution in [3.05, 3.63) is 72.1 Å². The highest BCUT2D eigenvalue weighted by Gasteiger charge is 2.19. The van der Waals surface area contributed by atoms with E-state index in [-0.39, 0.29) is 18.3 Å². The van der Waals surface area contributed by atoms with Crippen molar-refractivity contribution in [1.82, 2.24) is 4.90 Å². The Morgan fingerprint density at radius 2 is 1.92 bits per heavy atom. The van der Waals surface area contributed by atoms with Gasteiger partial charge in [0.1, 0.15) is 0 Å². The van der Waals surface area contributed by atoms with Crippen molar-refractivity contribution in [1.29, 1.82) is 0 Å². The van der Waals surface area contributed by atoms with E-state index in [2.05, 4.69) is 21.8 Å².